The number of ether oxygens (including phenoxy) is 1. The van der Waals surface area contributed by atoms with Gasteiger partial charge >= 0.3 is 12.0 Å². The summed E-state index contributed by atoms with van der Waals surface area (Å²) in [6.07, 6.45) is -1.37. The predicted molar refractivity (Wildman–Crippen MR) is 102 cm³/mol. The first-order valence-corrected chi connectivity index (χ1v) is 8.40. The molecule has 3 amide bonds. The maximum absolute atomic E-state index is 12.6. The molecule has 0 bridgehead atoms. The van der Waals surface area contributed by atoms with Crippen LogP contribution < -0.4 is 16.1 Å². The standard InChI is InChI=1S/C20H17N3O5/c1-21-20(27)23-18(25)17(12-7-3-2-4-8-12)28-19(26)15-11-16(24)13-9-5-6-10-14(13)22-15/h2-11,17H,1H3,(H,22,24)(H2,21,23,25,27)/t17-/m1/s1. The summed E-state index contributed by atoms with van der Waals surface area (Å²) in [7, 11) is 1.35. The Labute approximate surface area is 159 Å². The smallest absolute Gasteiger partial charge is 0.356 e. The molecule has 2 aromatic carbocycles. The summed E-state index contributed by atoms with van der Waals surface area (Å²) < 4.78 is 5.33. The van der Waals surface area contributed by atoms with E-state index >= 15 is 0 Å². The Hall–Kier alpha value is -3.94. The Bertz CT molecular complexity index is 1090. The Morgan fingerprint density at radius 3 is 2.39 bits per heavy atom. The van der Waals surface area contributed by atoms with Crippen LogP contribution in [-0.4, -0.2) is 29.9 Å². The molecule has 3 aromatic rings. The SMILES string of the molecule is CNC(=O)NC(=O)[C@H](OC(=O)c1cc(=O)c2ccccc2[nH]1)c1ccccc1. The second kappa shape index (κ2) is 8.17. The number of carbonyl (C=O) groups is 3. The molecule has 8 nitrogen and oxygen atoms in total. The summed E-state index contributed by atoms with van der Waals surface area (Å²) >= 11 is 0. The lowest BCUT2D eigenvalue weighted by atomic mass is 10.1. The van der Waals surface area contributed by atoms with E-state index in [0.29, 0.717) is 16.5 Å². The third kappa shape index (κ3) is 4.07. The zero-order valence-electron chi connectivity index (χ0n) is 14.9. The molecule has 28 heavy (non-hydrogen) atoms. The number of urea groups is 1. The van der Waals surface area contributed by atoms with Crippen LogP contribution in [0.15, 0.2) is 65.5 Å². The van der Waals surface area contributed by atoms with Crippen molar-refractivity contribution in [3.8, 4) is 0 Å². The number of hydrogen-bond donors (Lipinski definition) is 3. The lowest BCUT2D eigenvalue weighted by Crippen LogP contribution is -2.41. The van der Waals surface area contributed by atoms with Gasteiger partial charge in [0, 0.05) is 29.6 Å². The highest BCUT2D eigenvalue weighted by atomic mass is 16.5. The van der Waals surface area contributed by atoms with Crippen LogP contribution >= 0.6 is 0 Å². The highest BCUT2D eigenvalue weighted by Gasteiger charge is 2.27. The van der Waals surface area contributed by atoms with E-state index in [1.165, 1.54) is 7.05 Å². The zero-order chi connectivity index (χ0) is 20.1. The van der Waals surface area contributed by atoms with Crippen molar-refractivity contribution in [2.45, 2.75) is 6.10 Å². The molecule has 0 aliphatic rings. The first-order valence-electron chi connectivity index (χ1n) is 8.40. The summed E-state index contributed by atoms with van der Waals surface area (Å²) in [5.41, 5.74) is 0.387. The number of esters is 1. The van der Waals surface area contributed by atoms with E-state index in [2.05, 4.69) is 15.6 Å². The van der Waals surface area contributed by atoms with Gasteiger partial charge < -0.3 is 15.0 Å². The molecule has 142 valence electrons. The van der Waals surface area contributed by atoms with E-state index < -0.39 is 24.0 Å². The molecule has 0 saturated carbocycles. The van der Waals surface area contributed by atoms with Gasteiger partial charge in [0.1, 0.15) is 5.69 Å². The molecular weight excluding hydrogens is 362 g/mol. The Balaban J connectivity index is 1.92. The highest BCUT2D eigenvalue weighted by molar-refractivity contribution is 5.99. The number of carbonyl (C=O) groups excluding carboxylic acids is 3. The van der Waals surface area contributed by atoms with Crippen LogP contribution in [0.4, 0.5) is 4.79 Å². The Kier molecular flexibility index (Phi) is 5.50. The van der Waals surface area contributed by atoms with Crippen LogP contribution in [0, 0.1) is 0 Å². The maximum atomic E-state index is 12.6. The number of fused-ring (bicyclic) bond motifs is 1. The second-order valence-corrected chi connectivity index (χ2v) is 5.86. The number of amides is 3. The molecule has 8 heteroatoms. The largest absolute Gasteiger partial charge is 0.443 e. The highest BCUT2D eigenvalue weighted by Crippen LogP contribution is 2.19. The molecule has 0 aliphatic heterocycles. The molecule has 0 spiro atoms. The van der Waals surface area contributed by atoms with Gasteiger partial charge in [0.25, 0.3) is 5.91 Å². The lowest BCUT2D eigenvalue weighted by molar-refractivity contribution is -0.129. The minimum absolute atomic E-state index is 0.0997. The fourth-order valence-electron chi connectivity index (χ4n) is 2.62. The number of pyridine rings is 1. The van der Waals surface area contributed by atoms with Gasteiger partial charge in [0.2, 0.25) is 6.10 Å². The number of imide groups is 1. The topological polar surface area (TPSA) is 117 Å². The van der Waals surface area contributed by atoms with Gasteiger partial charge in [-0.1, -0.05) is 42.5 Å². The van der Waals surface area contributed by atoms with Gasteiger partial charge in [-0.25, -0.2) is 9.59 Å². The fraction of sp³-hybridized carbons (Fsp3) is 0.100. The first kappa shape index (κ1) is 18.8. The summed E-state index contributed by atoms with van der Waals surface area (Å²) in [5.74, 6) is -1.72. The number of H-pyrrole nitrogens is 1. The molecule has 3 rings (SSSR count). The van der Waals surface area contributed by atoms with Crippen molar-refractivity contribution in [2.75, 3.05) is 7.05 Å². The third-order valence-electron chi connectivity index (χ3n) is 3.99. The van der Waals surface area contributed by atoms with Gasteiger partial charge in [-0.15, -0.1) is 0 Å². The van der Waals surface area contributed by atoms with Crippen LogP contribution in [0.1, 0.15) is 22.2 Å². The van der Waals surface area contributed by atoms with Gasteiger partial charge in [0.05, 0.1) is 0 Å². The Morgan fingerprint density at radius 2 is 1.68 bits per heavy atom. The van der Waals surface area contributed by atoms with Crippen molar-refractivity contribution >= 4 is 28.8 Å². The van der Waals surface area contributed by atoms with Crippen molar-refractivity contribution in [3.63, 3.8) is 0 Å². The van der Waals surface area contributed by atoms with Gasteiger partial charge in [0.15, 0.2) is 5.43 Å². The predicted octanol–water partition coefficient (Wildman–Crippen LogP) is 1.88. The Morgan fingerprint density at radius 1 is 1.00 bits per heavy atom. The number of para-hydroxylation sites is 1. The van der Waals surface area contributed by atoms with Crippen LogP contribution in [0.25, 0.3) is 10.9 Å². The molecule has 0 radical (unpaired) electrons. The van der Waals surface area contributed by atoms with E-state index in [0.717, 1.165) is 6.07 Å². The van der Waals surface area contributed by atoms with E-state index in [9.17, 15) is 19.2 Å². The third-order valence-corrected chi connectivity index (χ3v) is 3.99. The molecule has 0 aliphatic carbocycles. The minimum atomic E-state index is -1.37. The van der Waals surface area contributed by atoms with Crippen molar-refractivity contribution in [2.24, 2.45) is 0 Å². The second-order valence-electron chi connectivity index (χ2n) is 5.86. The number of rotatable bonds is 4. The van der Waals surface area contributed by atoms with E-state index in [1.54, 1.807) is 54.6 Å². The van der Waals surface area contributed by atoms with Gasteiger partial charge in [-0.05, 0) is 12.1 Å². The number of hydrogen-bond acceptors (Lipinski definition) is 5. The molecule has 1 atom stereocenters. The summed E-state index contributed by atoms with van der Waals surface area (Å²) in [5, 5.41) is 4.77. The van der Waals surface area contributed by atoms with Crippen molar-refractivity contribution in [1.29, 1.82) is 0 Å². The van der Waals surface area contributed by atoms with Gasteiger partial charge in [-0.3, -0.25) is 14.9 Å². The number of benzene rings is 2. The summed E-state index contributed by atoms with van der Waals surface area (Å²) in [6, 6.07) is 15.3. The molecule has 1 heterocycles. The average Bonchev–Trinajstić information content (AvgIpc) is 2.72. The molecule has 3 N–H and O–H groups in total. The maximum Gasteiger partial charge on any atom is 0.356 e. The van der Waals surface area contributed by atoms with Crippen LogP contribution in [0.3, 0.4) is 0 Å². The van der Waals surface area contributed by atoms with E-state index in [1.807, 2.05) is 0 Å². The lowest BCUT2D eigenvalue weighted by Gasteiger charge is -2.17. The first-order chi connectivity index (χ1) is 13.5. The monoisotopic (exact) mass is 379 g/mol. The minimum Gasteiger partial charge on any atom is -0.443 e. The average molecular weight is 379 g/mol. The summed E-state index contributed by atoms with van der Waals surface area (Å²) in [6.45, 7) is 0. The van der Waals surface area contributed by atoms with E-state index in [4.69, 9.17) is 4.74 Å². The molecule has 0 unspecified atom stereocenters. The molecule has 1 aromatic heterocycles. The number of aromatic nitrogens is 1. The van der Waals surface area contributed by atoms with E-state index in [-0.39, 0.29) is 11.1 Å². The van der Waals surface area contributed by atoms with Crippen LogP contribution in [-0.2, 0) is 9.53 Å². The molecular formula is C20H17N3O5. The molecule has 0 saturated heterocycles. The fourth-order valence-corrected chi connectivity index (χ4v) is 2.62. The van der Waals surface area contributed by atoms with Crippen LogP contribution in [0.2, 0.25) is 0 Å². The van der Waals surface area contributed by atoms with Crippen molar-refractivity contribution < 1.29 is 19.1 Å². The van der Waals surface area contributed by atoms with Crippen LogP contribution in [0.5, 0.6) is 0 Å². The molecule has 0 fully saturated rings. The van der Waals surface area contributed by atoms with Crippen molar-refractivity contribution in [3.05, 3.63) is 82.1 Å². The quantitative estimate of drug-likeness (QED) is 0.599. The number of nitrogens with one attached hydrogen (secondary N) is 3. The van der Waals surface area contributed by atoms with Gasteiger partial charge in [-0.2, -0.15) is 0 Å². The van der Waals surface area contributed by atoms with Crippen molar-refractivity contribution in [1.82, 2.24) is 15.6 Å². The zero-order valence-corrected chi connectivity index (χ0v) is 14.9. The normalized spacial score (nSPS) is 11.5. The summed E-state index contributed by atoms with van der Waals surface area (Å²) in [4.78, 5) is 51.6. The number of aromatic amines is 1.